The number of carbonyl (C=O) groups excluding carboxylic acids is 1. The van der Waals surface area contributed by atoms with Crippen LogP contribution in [-0.2, 0) is 11.0 Å². The van der Waals surface area contributed by atoms with Crippen LogP contribution in [-0.4, -0.2) is 55.6 Å². The van der Waals surface area contributed by atoms with Gasteiger partial charge in [0.2, 0.25) is 5.91 Å². The van der Waals surface area contributed by atoms with Crippen LogP contribution in [0.1, 0.15) is 5.56 Å². The molecule has 0 saturated carbocycles. The smallest absolute Gasteiger partial charge is 0.365 e. The molecule has 1 aromatic carbocycles. The Kier molecular flexibility index (Phi) is 5.53. The molecular weight excluding hydrogens is 357 g/mol. The third-order valence-electron chi connectivity index (χ3n) is 4.60. The van der Waals surface area contributed by atoms with E-state index >= 15 is 0 Å². The number of anilines is 2. The van der Waals surface area contributed by atoms with Gasteiger partial charge in [0.25, 0.3) is 0 Å². The zero-order valence-electron chi connectivity index (χ0n) is 15.0. The summed E-state index contributed by atoms with van der Waals surface area (Å²) >= 11 is 0. The number of nitrogens with zero attached hydrogens (tertiary/aromatic N) is 4. The Bertz CT molecular complexity index is 757. The molecule has 27 heavy (non-hydrogen) atoms. The monoisotopic (exact) mass is 378 g/mol. The van der Waals surface area contributed by atoms with Gasteiger partial charge < -0.3 is 14.7 Å². The van der Waals surface area contributed by atoms with Crippen LogP contribution < -0.4 is 9.80 Å². The summed E-state index contributed by atoms with van der Waals surface area (Å²) in [5.41, 5.74) is 0.211. The predicted molar refractivity (Wildman–Crippen MR) is 97.7 cm³/mol. The maximum Gasteiger partial charge on any atom is 0.417 e. The van der Waals surface area contributed by atoms with E-state index in [0.29, 0.717) is 32.0 Å². The van der Waals surface area contributed by atoms with Crippen LogP contribution in [0, 0.1) is 0 Å². The van der Waals surface area contributed by atoms with Crippen molar-refractivity contribution in [2.24, 2.45) is 0 Å². The van der Waals surface area contributed by atoms with E-state index in [1.165, 1.54) is 6.07 Å². The van der Waals surface area contributed by atoms with E-state index in [1.807, 2.05) is 47.2 Å². The number of hydrogen-bond donors (Lipinski definition) is 0. The predicted octanol–water partition coefficient (Wildman–Crippen LogP) is 2.89. The molecule has 1 aliphatic heterocycles. The summed E-state index contributed by atoms with van der Waals surface area (Å²) in [4.78, 5) is 22.0. The first-order valence-electron chi connectivity index (χ1n) is 8.67. The fraction of sp³-hybridized carbons (Fsp3) is 0.368. The van der Waals surface area contributed by atoms with E-state index in [0.717, 1.165) is 18.0 Å². The molecule has 144 valence electrons. The molecule has 0 aliphatic carbocycles. The third kappa shape index (κ3) is 4.69. The highest BCUT2D eigenvalue weighted by molar-refractivity contribution is 5.81. The van der Waals surface area contributed by atoms with Crippen LogP contribution in [0.3, 0.4) is 0 Å². The first-order chi connectivity index (χ1) is 12.8. The van der Waals surface area contributed by atoms with Crippen LogP contribution in [0.5, 0.6) is 0 Å². The van der Waals surface area contributed by atoms with Crippen molar-refractivity contribution in [3.8, 4) is 0 Å². The number of rotatable bonds is 4. The summed E-state index contributed by atoms with van der Waals surface area (Å²) in [6, 6.07) is 12.1. The summed E-state index contributed by atoms with van der Waals surface area (Å²) in [5.74, 6) is 0.526. The Morgan fingerprint density at radius 3 is 2.30 bits per heavy atom. The van der Waals surface area contributed by atoms with Gasteiger partial charge >= 0.3 is 6.18 Å². The normalized spacial score (nSPS) is 15.0. The second kappa shape index (κ2) is 7.85. The van der Waals surface area contributed by atoms with E-state index in [2.05, 4.69) is 4.98 Å². The number of benzene rings is 1. The van der Waals surface area contributed by atoms with Gasteiger partial charge in [0, 0.05) is 45.1 Å². The molecule has 2 heterocycles. The van der Waals surface area contributed by atoms with Crippen LogP contribution in [0.2, 0.25) is 0 Å². The average molecular weight is 378 g/mol. The minimum atomic E-state index is -4.39. The molecule has 2 aromatic rings. The van der Waals surface area contributed by atoms with Crippen molar-refractivity contribution < 1.29 is 18.0 Å². The molecule has 0 N–H and O–H groups in total. The topological polar surface area (TPSA) is 39.7 Å². The van der Waals surface area contributed by atoms with Crippen molar-refractivity contribution >= 4 is 17.4 Å². The number of hydrogen-bond acceptors (Lipinski definition) is 4. The standard InChI is InChI=1S/C19H21F3N4O/c1-24(16-5-3-2-4-6-16)14-18(27)26-11-9-25(10-12-26)17-8-7-15(13-23-17)19(20,21)22/h2-8,13H,9-12,14H2,1H3. The lowest BCUT2D eigenvalue weighted by Gasteiger charge is -2.36. The quantitative estimate of drug-likeness (QED) is 0.820. The first kappa shape index (κ1) is 19.0. The second-order valence-corrected chi connectivity index (χ2v) is 6.46. The van der Waals surface area contributed by atoms with Gasteiger partial charge in [-0.2, -0.15) is 13.2 Å². The second-order valence-electron chi connectivity index (χ2n) is 6.46. The number of amides is 1. The number of likely N-dealkylation sites (N-methyl/N-ethyl adjacent to an activating group) is 1. The molecular formula is C19H21F3N4O. The molecule has 8 heteroatoms. The van der Waals surface area contributed by atoms with Crippen molar-refractivity contribution in [1.29, 1.82) is 0 Å². The fourth-order valence-electron chi connectivity index (χ4n) is 3.00. The molecule has 0 unspecified atom stereocenters. The Morgan fingerprint density at radius 1 is 1.07 bits per heavy atom. The SMILES string of the molecule is CN(CC(=O)N1CCN(c2ccc(C(F)(F)F)cn2)CC1)c1ccccc1. The summed E-state index contributed by atoms with van der Waals surface area (Å²) in [7, 11) is 1.87. The molecule has 0 atom stereocenters. The summed E-state index contributed by atoms with van der Waals surface area (Å²) in [5, 5.41) is 0. The van der Waals surface area contributed by atoms with Crippen LogP contribution in [0.25, 0.3) is 0 Å². The number of piperazine rings is 1. The van der Waals surface area contributed by atoms with Gasteiger partial charge in [-0.15, -0.1) is 0 Å². The van der Waals surface area contributed by atoms with Gasteiger partial charge in [0.05, 0.1) is 12.1 Å². The lowest BCUT2D eigenvalue weighted by atomic mass is 10.2. The largest absolute Gasteiger partial charge is 0.417 e. The van der Waals surface area contributed by atoms with Gasteiger partial charge in [-0.05, 0) is 24.3 Å². The minimum Gasteiger partial charge on any atom is -0.365 e. The highest BCUT2D eigenvalue weighted by Crippen LogP contribution is 2.29. The van der Waals surface area contributed by atoms with Crippen molar-refractivity contribution in [3.05, 3.63) is 54.2 Å². The van der Waals surface area contributed by atoms with Crippen LogP contribution in [0.15, 0.2) is 48.7 Å². The number of alkyl halides is 3. The van der Waals surface area contributed by atoms with Gasteiger partial charge in [-0.1, -0.05) is 18.2 Å². The van der Waals surface area contributed by atoms with E-state index in [9.17, 15) is 18.0 Å². The van der Waals surface area contributed by atoms with Gasteiger partial charge in [-0.25, -0.2) is 4.98 Å². The molecule has 0 bridgehead atoms. The Labute approximate surface area is 156 Å². The molecule has 1 amide bonds. The molecule has 5 nitrogen and oxygen atoms in total. The number of para-hydroxylation sites is 1. The van der Waals surface area contributed by atoms with Crippen molar-refractivity contribution in [3.63, 3.8) is 0 Å². The van der Waals surface area contributed by atoms with Crippen molar-refractivity contribution in [2.45, 2.75) is 6.18 Å². The lowest BCUT2D eigenvalue weighted by molar-refractivity contribution is -0.137. The number of pyridine rings is 1. The summed E-state index contributed by atoms with van der Waals surface area (Å²) in [6.07, 6.45) is -3.54. The molecule has 0 spiro atoms. The molecule has 3 rings (SSSR count). The van der Waals surface area contributed by atoms with Crippen molar-refractivity contribution in [1.82, 2.24) is 9.88 Å². The highest BCUT2D eigenvalue weighted by atomic mass is 19.4. The number of carbonyl (C=O) groups is 1. The summed E-state index contributed by atoms with van der Waals surface area (Å²) in [6.45, 7) is 2.40. The third-order valence-corrected chi connectivity index (χ3v) is 4.60. The average Bonchev–Trinajstić information content (AvgIpc) is 2.68. The van der Waals surface area contributed by atoms with E-state index < -0.39 is 11.7 Å². The Balaban J connectivity index is 1.53. The molecule has 1 aromatic heterocycles. The highest BCUT2D eigenvalue weighted by Gasteiger charge is 2.31. The van der Waals surface area contributed by atoms with Gasteiger partial charge in [0.15, 0.2) is 0 Å². The zero-order valence-corrected chi connectivity index (χ0v) is 15.0. The molecule has 1 aliphatic rings. The zero-order chi connectivity index (χ0) is 19.4. The van der Waals surface area contributed by atoms with Gasteiger partial charge in [-0.3, -0.25) is 4.79 Å². The number of halogens is 3. The van der Waals surface area contributed by atoms with Crippen LogP contribution >= 0.6 is 0 Å². The van der Waals surface area contributed by atoms with E-state index in [-0.39, 0.29) is 12.5 Å². The first-order valence-corrected chi connectivity index (χ1v) is 8.67. The summed E-state index contributed by atoms with van der Waals surface area (Å²) < 4.78 is 37.9. The van der Waals surface area contributed by atoms with E-state index in [1.54, 1.807) is 4.90 Å². The maximum absolute atomic E-state index is 12.6. The molecule has 1 fully saturated rings. The Morgan fingerprint density at radius 2 is 1.74 bits per heavy atom. The minimum absolute atomic E-state index is 0.0291. The van der Waals surface area contributed by atoms with Crippen molar-refractivity contribution in [2.75, 3.05) is 49.6 Å². The Hall–Kier alpha value is -2.77. The van der Waals surface area contributed by atoms with E-state index in [4.69, 9.17) is 0 Å². The van der Waals surface area contributed by atoms with Gasteiger partial charge in [0.1, 0.15) is 5.82 Å². The lowest BCUT2D eigenvalue weighted by Crippen LogP contribution is -2.51. The fourth-order valence-corrected chi connectivity index (χ4v) is 3.00. The molecule has 0 radical (unpaired) electrons. The van der Waals surface area contributed by atoms with Crippen LogP contribution in [0.4, 0.5) is 24.7 Å². The molecule has 1 saturated heterocycles. The maximum atomic E-state index is 12.6. The number of aromatic nitrogens is 1.